The van der Waals surface area contributed by atoms with Crippen molar-refractivity contribution >= 4 is 23.0 Å². The van der Waals surface area contributed by atoms with Crippen molar-refractivity contribution in [3.63, 3.8) is 0 Å². The fourth-order valence-electron chi connectivity index (χ4n) is 1.80. The van der Waals surface area contributed by atoms with Crippen molar-refractivity contribution < 1.29 is 9.84 Å². The van der Waals surface area contributed by atoms with Crippen LogP contribution in [-0.4, -0.2) is 17.9 Å². The zero-order valence-electron chi connectivity index (χ0n) is 12.1. The van der Waals surface area contributed by atoms with Gasteiger partial charge < -0.3 is 9.84 Å². The van der Waals surface area contributed by atoms with Crippen LogP contribution in [0.15, 0.2) is 41.5 Å². The molecule has 4 nitrogen and oxygen atoms in total. The maximum Gasteiger partial charge on any atom is 0.124 e. The number of aryl methyl sites for hydroxylation is 1. The molecule has 0 aliphatic carbocycles. The van der Waals surface area contributed by atoms with Gasteiger partial charge in [-0.2, -0.15) is 5.10 Å². The summed E-state index contributed by atoms with van der Waals surface area (Å²) in [6.45, 7) is 3.74. The Bertz CT molecular complexity index is 684. The molecule has 2 aromatic carbocycles. The van der Waals surface area contributed by atoms with Crippen LogP contribution in [0.3, 0.4) is 0 Å². The highest BCUT2D eigenvalue weighted by atomic mass is 35.5. The third-order valence-corrected chi connectivity index (χ3v) is 3.53. The molecule has 0 aliphatic heterocycles. The summed E-state index contributed by atoms with van der Waals surface area (Å²) in [5.41, 5.74) is 5.97. The second kappa shape index (κ2) is 6.50. The summed E-state index contributed by atoms with van der Waals surface area (Å²) in [6.07, 6.45) is 0. The summed E-state index contributed by atoms with van der Waals surface area (Å²) in [5, 5.41) is 14.8. The quantitative estimate of drug-likeness (QED) is 0.657. The van der Waals surface area contributed by atoms with E-state index in [0.717, 1.165) is 11.3 Å². The van der Waals surface area contributed by atoms with Crippen LogP contribution in [0, 0.1) is 6.92 Å². The van der Waals surface area contributed by atoms with Gasteiger partial charge in [0, 0.05) is 10.6 Å². The van der Waals surface area contributed by atoms with Gasteiger partial charge in [-0.1, -0.05) is 17.7 Å². The number of nitrogens with one attached hydrogen (secondary N) is 1. The number of rotatable bonds is 4. The Kier molecular flexibility index (Phi) is 4.70. The summed E-state index contributed by atoms with van der Waals surface area (Å²) in [7, 11) is 1.58. The number of anilines is 1. The Balaban J connectivity index is 2.22. The number of phenolic OH excluding ortho intramolecular Hbond substituents is 1. The molecule has 5 heteroatoms. The number of halogens is 1. The predicted octanol–water partition coefficient (Wildman–Crippen LogP) is 4.20. The second-order valence-corrected chi connectivity index (χ2v) is 5.06. The van der Waals surface area contributed by atoms with E-state index in [4.69, 9.17) is 16.3 Å². The lowest BCUT2D eigenvalue weighted by molar-refractivity contribution is 0.412. The van der Waals surface area contributed by atoms with Crippen LogP contribution in [0.2, 0.25) is 5.02 Å². The van der Waals surface area contributed by atoms with Crippen LogP contribution < -0.4 is 10.2 Å². The smallest absolute Gasteiger partial charge is 0.124 e. The molecular weight excluding hydrogens is 288 g/mol. The van der Waals surface area contributed by atoms with Gasteiger partial charge in [-0.15, -0.1) is 0 Å². The van der Waals surface area contributed by atoms with E-state index in [1.165, 1.54) is 0 Å². The van der Waals surface area contributed by atoms with Crippen LogP contribution in [0.5, 0.6) is 11.5 Å². The van der Waals surface area contributed by atoms with E-state index in [9.17, 15) is 5.11 Å². The molecule has 0 heterocycles. The van der Waals surface area contributed by atoms with E-state index < -0.39 is 0 Å². The van der Waals surface area contributed by atoms with Crippen molar-refractivity contribution in [2.75, 3.05) is 12.5 Å². The van der Waals surface area contributed by atoms with Gasteiger partial charge in [0.2, 0.25) is 0 Å². The van der Waals surface area contributed by atoms with Gasteiger partial charge in [0.15, 0.2) is 0 Å². The minimum Gasteiger partial charge on any atom is -0.507 e. The fourth-order valence-corrected chi connectivity index (χ4v) is 1.98. The normalized spacial score (nSPS) is 11.3. The van der Waals surface area contributed by atoms with E-state index in [1.807, 2.05) is 19.1 Å². The van der Waals surface area contributed by atoms with Crippen molar-refractivity contribution in [3.05, 3.63) is 52.5 Å². The van der Waals surface area contributed by atoms with E-state index in [2.05, 4.69) is 10.5 Å². The van der Waals surface area contributed by atoms with Crippen LogP contribution in [0.25, 0.3) is 0 Å². The minimum atomic E-state index is 0.154. The number of nitrogens with zero attached hydrogens (tertiary/aromatic N) is 1. The molecule has 2 aromatic rings. The zero-order valence-corrected chi connectivity index (χ0v) is 12.9. The Morgan fingerprint density at radius 1 is 1.24 bits per heavy atom. The lowest BCUT2D eigenvalue weighted by Gasteiger charge is -2.08. The molecule has 0 spiro atoms. The molecule has 0 fully saturated rings. The largest absolute Gasteiger partial charge is 0.507 e. The van der Waals surface area contributed by atoms with Crippen molar-refractivity contribution in [3.8, 4) is 11.5 Å². The van der Waals surface area contributed by atoms with Crippen LogP contribution >= 0.6 is 11.6 Å². The lowest BCUT2D eigenvalue weighted by Crippen LogP contribution is -2.01. The van der Waals surface area contributed by atoms with Gasteiger partial charge in [0.05, 0.1) is 18.5 Å². The zero-order chi connectivity index (χ0) is 15.4. The fraction of sp³-hybridized carbons (Fsp3) is 0.188. The first-order valence-corrected chi connectivity index (χ1v) is 6.83. The van der Waals surface area contributed by atoms with Crippen LogP contribution in [0.4, 0.5) is 5.69 Å². The van der Waals surface area contributed by atoms with Gasteiger partial charge >= 0.3 is 0 Å². The van der Waals surface area contributed by atoms with E-state index in [-0.39, 0.29) is 5.75 Å². The number of hydrogen-bond donors (Lipinski definition) is 2. The van der Waals surface area contributed by atoms with E-state index >= 15 is 0 Å². The molecule has 110 valence electrons. The predicted molar refractivity (Wildman–Crippen MR) is 86.7 cm³/mol. The molecule has 0 saturated heterocycles. The molecule has 0 aliphatic rings. The Morgan fingerprint density at radius 2 is 2.00 bits per heavy atom. The third-order valence-electron chi connectivity index (χ3n) is 3.12. The van der Waals surface area contributed by atoms with Gasteiger partial charge in [-0.3, -0.25) is 5.43 Å². The highest BCUT2D eigenvalue weighted by Crippen LogP contribution is 2.24. The molecule has 0 saturated carbocycles. The topological polar surface area (TPSA) is 53.9 Å². The molecule has 0 atom stereocenters. The summed E-state index contributed by atoms with van der Waals surface area (Å²) in [4.78, 5) is 0. The standard InChI is InChI=1S/C16H17ClN2O2/c1-10-4-5-12(8-15(10)17)19-18-11(2)14-9-13(21-3)6-7-16(14)20/h4-9,19-20H,1-3H3/b18-11+. The van der Waals surface area contributed by atoms with Crippen molar-refractivity contribution in [2.24, 2.45) is 5.10 Å². The Labute approximate surface area is 129 Å². The first-order chi connectivity index (χ1) is 10.0. The van der Waals surface area contributed by atoms with E-state index in [0.29, 0.717) is 22.0 Å². The van der Waals surface area contributed by atoms with Crippen LogP contribution in [-0.2, 0) is 0 Å². The molecule has 21 heavy (non-hydrogen) atoms. The maximum atomic E-state index is 9.89. The molecule has 0 amide bonds. The maximum absolute atomic E-state index is 9.89. The van der Waals surface area contributed by atoms with E-state index in [1.54, 1.807) is 38.3 Å². The average Bonchev–Trinajstić information content (AvgIpc) is 2.48. The number of phenols is 1. The van der Waals surface area contributed by atoms with Gasteiger partial charge in [-0.05, 0) is 49.7 Å². The number of ether oxygens (including phenoxy) is 1. The molecule has 2 N–H and O–H groups in total. The number of aromatic hydroxyl groups is 1. The second-order valence-electron chi connectivity index (χ2n) is 4.66. The van der Waals surface area contributed by atoms with Gasteiger partial charge in [-0.25, -0.2) is 0 Å². The molecule has 0 aromatic heterocycles. The number of benzene rings is 2. The summed E-state index contributed by atoms with van der Waals surface area (Å²) >= 11 is 6.07. The summed E-state index contributed by atoms with van der Waals surface area (Å²) < 4.78 is 5.15. The van der Waals surface area contributed by atoms with Crippen molar-refractivity contribution in [2.45, 2.75) is 13.8 Å². The minimum absolute atomic E-state index is 0.154. The highest BCUT2D eigenvalue weighted by Gasteiger charge is 2.07. The van der Waals surface area contributed by atoms with Crippen molar-refractivity contribution in [1.29, 1.82) is 0 Å². The molecule has 0 radical (unpaired) electrons. The lowest BCUT2D eigenvalue weighted by atomic mass is 10.1. The molecule has 2 rings (SSSR count). The number of hydrazone groups is 1. The molecule has 0 unspecified atom stereocenters. The van der Waals surface area contributed by atoms with Crippen LogP contribution in [0.1, 0.15) is 18.1 Å². The van der Waals surface area contributed by atoms with Gasteiger partial charge in [0.25, 0.3) is 0 Å². The first kappa shape index (κ1) is 15.2. The summed E-state index contributed by atoms with van der Waals surface area (Å²) in [5.74, 6) is 0.816. The SMILES string of the molecule is COc1ccc(O)c(/C(C)=N/Nc2ccc(C)c(Cl)c2)c1. The number of hydrogen-bond acceptors (Lipinski definition) is 4. The summed E-state index contributed by atoms with van der Waals surface area (Å²) in [6, 6.07) is 10.6. The Morgan fingerprint density at radius 3 is 2.67 bits per heavy atom. The first-order valence-electron chi connectivity index (χ1n) is 6.45. The van der Waals surface area contributed by atoms with Crippen molar-refractivity contribution in [1.82, 2.24) is 0 Å². The monoisotopic (exact) mass is 304 g/mol. The number of methoxy groups -OCH3 is 1. The highest BCUT2D eigenvalue weighted by molar-refractivity contribution is 6.31. The Hall–Kier alpha value is -2.20. The third kappa shape index (κ3) is 3.67. The molecular formula is C16H17ClN2O2. The average molecular weight is 305 g/mol. The van der Waals surface area contributed by atoms with Gasteiger partial charge in [0.1, 0.15) is 11.5 Å². The molecule has 0 bridgehead atoms.